The number of carbonyl (C=O) groups excluding carboxylic acids is 1. The minimum atomic E-state index is -4.43. The summed E-state index contributed by atoms with van der Waals surface area (Å²) in [4.78, 5) is 19.6. The van der Waals surface area contributed by atoms with Crippen LogP contribution < -0.4 is 10.2 Å². The monoisotopic (exact) mass is 442 g/mol. The Bertz CT molecular complexity index is 746. The van der Waals surface area contributed by atoms with Crippen molar-refractivity contribution >= 4 is 12.2 Å². The molecular weight excluding hydrogens is 409 g/mol. The molecule has 174 valence electrons. The molecule has 2 aliphatic rings. The third-order valence-electron chi connectivity index (χ3n) is 7.09. The first kappa shape index (κ1) is 23.8. The topological polar surface area (TPSA) is 68.7 Å². The van der Waals surface area contributed by atoms with E-state index < -0.39 is 11.7 Å². The average Bonchev–Trinajstić information content (AvgIpc) is 3.18. The number of anilines is 1. The first-order valence-corrected chi connectivity index (χ1v) is 11.0. The van der Waals surface area contributed by atoms with Gasteiger partial charge in [0.15, 0.2) is 0 Å². The molecule has 2 N–H and O–H groups in total. The number of aliphatic hydroxyl groups is 1. The SMILES string of the molecule is CC(C)[C@]1(C2CN(C=O)CCN2c2cc(C(F)(F)F)ccn2)CC[C@@H](NCCCO)C1. The number of carbonyl (C=O) groups is 1. The summed E-state index contributed by atoms with van der Waals surface area (Å²) in [6.07, 6.45) is 1.08. The lowest BCUT2D eigenvalue weighted by atomic mass is 9.68. The van der Waals surface area contributed by atoms with E-state index in [9.17, 15) is 18.0 Å². The maximum Gasteiger partial charge on any atom is 0.416 e. The van der Waals surface area contributed by atoms with Crippen molar-refractivity contribution in [1.82, 2.24) is 15.2 Å². The normalized spacial score (nSPS) is 27.2. The van der Waals surface area contributed by atoms with Crippen molar-refractivity contribution in [1.29, 1.82) is 0 Å². The predicted octanol–water partition coefficient (Wildman–Crippen LogP) is 2.91. The van der Waals surface area contributed by atoms with Gasteiger partial charge >= 0.3 is 6.18 Å². The number of nitrogens with one attached hydrogen (secondary N) is 1. The number of alkyl halides is 3. The Balaban J connectivity index is 1.92. The van der Waals surface area contributed by atoms with E-state index >= 15 is 0 Å². The second-order valence-electron chi connectivity index (χ2n) is 9.07. The van der Waals surface area contributed by atoms with Crippen molar-refractivity contribution in [3.05, 3.63) is 23.9 Å². The standard InChI is InChI=1S/C22H33F3N4O2/c1-16(2)21(6-4-18(13-21)26-7-3-11-30)19-14-28(15-31)9-10-29(19)20-12-17(5-8-27-20)22(23,24)25/h5,8,12,15-16,18-19,26,30H,3-4,6-7,9-11,13-14H2,1-2H3/t18-,19?,21+/m1/s1. The van der Waals surface area contributed by atoms with Crippen molar-refractivity contribution in [2.75, 3.05) is 37.7 Å². The lowest BCUT2D eigenvalue weighted by Crippen LogP contribution is -2.61. The number of aliphatic hydroxyl groups excluding tert-OH is 1. The van der Waals surface area contributed by atoms with Gasteiger partial charge in [-0.25, -0.2) is 4.98 Å². The second-order valence-corrected chi connectivity index (χ2v) is 9.07. The fraction of sp³-hybridized carbons (Fsp3) is 0.727. The van der Waals surface area contributed by atoms with Gasteiger partial charge in [-0.15, -0.1) is 0 Å². The molecule has 3 atom stereocenters. The van der Waals surface area contributed by atoms with E-state index in [4.69, 9.17) is 5.11 Å². The van der Waals surface area contributed by atoms with Gasteiger partial charge in [0, 0.05) is 38.5 Å². The van der Waals surface area contributed by atoms with E-state index in [2.05, 4.69) is 24.1 Å². The molecule has 1 aliphatic carbocycles. The lowest BCUT2D eigenvalue weighted by molar-refractivity contribution is -0.137. The molecule has 0 spiro atoms. The maximum atomic E-state index is 13.3. The number of amides is 1. The van der Waals surface area contributed by atoms with Crippen LogP contribution in [0.4, 0.5) is 19.0 Å². The quantitative estimate of drug-likeness (QED) is 0.479. The molecule has 0 aromatic carbocycles. The Labute approximate surface area is 181 Å². The molecule has 1 aliphatic heterocycles. The molecule has 2 fully saturated rings. The summed E-state index contributed by atoms with van der Waals surface area (Å²) in [6.45, 7) is 6.59. The number of rotatable bonds is 8. The van der Waals surface area contributed by atoms with Gasteiger partial charge in [-0.05, 0) is 55.7 Å². The van der Waals surface area contributed by atoms with Gasteiger partial charge in [0.2, 0.25) is 6.41 Å². The molecule has 1 amide bonds. The van der Waals surface area contributed by atoms with Gasteiger partial charge in [0.1, 0.15) is 5.82 Å². The first-order valence-electron chi connectivity index (χ1n) is 11.0. The smallest absolute Gasteiger partial charge is 0.396 e. The van der Waals surface area contributed by atoms with Gasteiger partial charge < -0.3 is 20.2 Å². The van der Waals surface area contributed by atoms with E-state index in [1.807, 2.05) is 4.90 Å². The highest BCUT2D eigenvalue weighted by Gasteiger charge is 2.51. The summed E-state index contributed by atoms with van der Waals surface area (Å²) in [5, 5.41) is 12.6. The van der Waals surface area contributed by atoms with Crippen molar-refractivity contribution in [3.63, 3.8) is 0 Å². The highest BCUT2D eigenvalue weighted by atomic mass is 19.4. The number of nitrogens with zero attached hydrogens (tertiary/aromatic N) is 3. The van der Waals surface area contributed by atoms with Crippen LogP contribution >= 0.6 is 0 Å². The van der Waals surface area contributed by atoms with Crippen LogP contribution in [-0.4, -0.2) is 66.3 Å². The molecule has 1 aromatic rings. The van der Waals surface area contributed by atoms with E-state index in [1.54, 1.807) is 4.90 Å². The molecular formula is C22H33F3N4O2. The molecule has 1 aromatic heterocycles. The second kappa shape index (κ2) is 9.73. The van der Waals surface area contributed by atoms with Crippen LogP contribution in [0.2, 0.25) is 0 Å². The zero-order valence-electron chi connectivity index (χ0n) is 18.2. The number of pyridine rings is 1. The third kappa shape index (κ3) is 5.14. The molecule has 1 saturated carbocycles. The molecule has 1 unspecified atom stereocenters. The Morgan fingerprint density at radius 3 is 2.81 bits per heavy atom. The third-order valence-corrected chi connectivity index (χ3v) is 7.09. The highest BCUT2D eigenvalue weighted by Crippen LogP contribution is 2.50. The van der Waals surface area contributed by atoms with Gasteiger partial charge in [-0.2, -0.15) is 13.2 Å². The van der Waals surface area contributed by atoms with Crippen molar-refractivity contribution in [3.8, 4) is 0 Å². The number of hydrogen-bond acceptors (Lipinski definition) is 5. The summed E-state index contributed by atoms with van der Waals surface area (Å²) in [5.74, 6) is 0.601. The summed E-state index contributed by atoms with van der Waals surface area (Å²) >= 11 is 0. The van der Waals surface area contributed by atoms with Crippen molar-refractivity contribution in [2.45, 2.75) is 57.8 Å². The Kier molecular flexibility index (Phi) is 7.47. The number of hydrogen-bond donors (Lipinski definition) is 2. The maximum absolute atomic E-state index is 13.3. The summed E-state index contributed by atoms with van der Waals surface area (Å²) in [7, 11) is 0. The van der Waals surface area contributed by atoms with Crippen LogP contribution in [0, 0.1) is 11.3 Å². The number of piperazine rings is 1. The summed E-state index contributed by atoms with van der Waals surface area (Å²) in [5.41, 5.74) is -0.864. The molecule has 9 heteroatoms. The molecule has 2 heterocycles. The van der Waals surface area contributed by atoms with Crippen LogP contribution in [0.15, 0.2) is 18.3 Å². The zero-order chi connectivity index (χ0) is 22.6. The van der Waals surface area contributed by atoms with Crippen LogP contribution in [-0.2, 0) is 11.0 Å². The molecule has 0 bridgehead atoms. The van der Waals surface area contributed by atoms with Crippen LogP contribution in [0.5, 0.6) is 0 Å². The summed E-state index contributed by atoms with van der Waals surface area (Å²) < 4.78 is 40.0. The van der Waals surface area contributed by atoms with Gasteiger partial charge in [0.25, 0.3) is 0 Å². The Hall–Kier alpha value is -1.87. The van der Waals surface area contributed by atoms with E-state index in [1.165, 1.54) is 6.20 Å². The van der Waals surface area contributed by atoms with Crippen molar-refractivity contribution < 1.29 is 23.1 Å². The summed E-state index contributed by atoms with van der Waals surface area (Å²) in [6, 6.07) is 2.29. The first-order chi connectivity index (χ1) is 14.7. The van der Waals surface area contributed by atoms with Gasteiger partial charge in [-0.3, -0.25) is 4.79 Å². The molecule has 1 saturated heterocycles. The van der Waals surface area contributed by atoms with Crippen molar-refractivity contribution in [2.24, 2.45) is 11.3 Å². The average molecular weight is 443 g/mol. The largest absolute Gasteiger partial charge is 0.416 e. The molecule has 6 nitrogen and oxygen atoms in total. The molecule has 3 rings (SSSR count). The minimum Gasteiger partial charge on any atom is -0.396 e. The van der Waals surface area contributed by atoms with E-state index in [0.717, 1.165) is 44.4 Å². The number of halogens is 3. The minimum absolute atomic E-state index is 0.118. The van der Waals surface area contributed by atoms with E-state index in [0.29, 0.717) is 31.9 Å². The Morgan fingerprint density at radius 2 is 2.16 bits per heavy atom. The van der Waals surface area contributed by atoms with Gasteiger partial charge in [-0.1, -0.05) is 13.8 Å². The number of aromatic nitrogens is 1. The highest BCUT2D eigenvalue weighted by molar-refractivity contribution is 5.51. The van der Waals surface area contributed by atoms with Crippen LogP contribution in [0.25, 0.3) is 0 Å². The zero-order valence-corrected chi connectivity index (χ0v) is 18.2. The fourth-order valence-corrected chi connectivity index (χ4v) is 5.30. The van der Waals surface area contributed by atoms with Crippen LogP contribution in [0.3, 0.4) is 0 Å². The van der Waals surface area contributed by atoms with Crippen LogP contribution in [0.1, 0.15) is 45.1 Å². The van der Waals surface area contributed by atoms with E-state index in [-0.39, 0.29) is 30.0 Å². The van der Waals surface area contributed by atoms with Gasteiger partial charge in [0.05, 0.1) is 11.6 Å². The lowest BCUT2D eigenvalue weighted by Gasteiger charge is -2.51. The predicted molar refractivity (Wildman–Crippen MR) is 113 cm³/mol. The molecule has 31 heavy (non-hydrogen) atoms. The fourth-order valence-electron chi connectivity index (χ4n) is 5.30. The molecule has 0 radical (unpaired) electrons. The Morgan fingerprint density at radius 1 is 1.39 bits per heavy atom.